The van der Waals surface area contributed by atoms with Crippen LogP contribution in [-0.2, 0) is 6.61 Å². The van der Waals surface area contributed by atoms with Gasteiger partial charge in [-0.25, -0.2) is 0 Å². The van der Waals surface area contributed by atoms with E-state index >= 15 is 0 Å². The van der Waals surface area contributed by atoms with E-state index in [1.54, 1.807) is 6.07 Å². The number of rotatable bonds is 6. The molecule has 0 bridgehead atoms. The monoisotopic (exact) mass is 351 g/mol. The Hall–Kier alpha value is -2.15. The Balaban J connectivity index is 2.22. The van der Waals surface area contributed by atoms with Crippen LogP contribution >= 0.6 is 15.9 Å². The normalized spacial score (nSPS) is 10.2. The number of anilines is 1. The van der Waals surface area contributed by atoms with Gasteiger partial charge < -0.3 is 10.1 Å². The van der Waals surface area contributed by atoms with E-state index in [-0.39, 0.29) is 18.2 Å². The van der Waals surface area contributed by atoms with E-state index in [2.05, 4.69) is 26.2 Å². The first-order valence-corrected chi connectivity index (χ1v) is 7.16. The molecule has 1 heterocycles. The van der Waals surface area contributed by atoms with E-state index in [4.69, 9.17) is 4.74 Å². The summed E-state index contributed by atoms with van der Waals surface area (Å²) in [6, 6.07) is 10.5. The summed E-state index contributed by atoms with van der Waals surface area (Å²) < 4.78 is 6.41. The van der Waals surface area contributed by atoms with E-state index in [0.29, 0.717) is 12.4 Å². The molecule has 0 saturated heterocycles. The molecule has 6 nitrogen and oxygen atoms in total. The fourth-order valence-electron chi connectivity index (χ4n) is 1.72. The molecule has 0 radical (unpaired) electrons. The second-order valence-electron chi connectivity index (χ2n) is 4.19. The zero-order valence-corrected chi connectivity index (χ0v) is 13.0. The van der Waals surface area contributed by atoms with Crippen molar-refractivity contribution in [2.75, 3.05) is 11.9 Å². The lowest BCUT2D eigenvalue weighted by atomic mass is 10.2. The third-order valence-corrected chi connectivity index (χ3v) is 3.49. The van der Waals surface area contributed by atoms with Crippen LogP contribution in [0, 0.1) is 10.1 Å². The van der Waals surface area contributed by atoms with Gasteiger partial charge in [0.15, 0.2) is 0 Å². The highest BCUT2D eigenvalue weighted by Crippen LogP contribution is 2.28. The highest BCUT2D eigenvalue weighted by molar-refractivity contribution is 9.10. The van der Waals surface area contributed by atoms with Gasteiger partial charge in [-0.05, 0) is 19.1 Å². The lowest BCUT2D eigenvalue weighted by Gasteiger charge is -2.09. The summed E-state index contributed by atoms with van der Waals surface area (Å²) in [7, 11) is 0. The number of pyridine rings is 1. The third-order valence-electron chi connectivity index (χ3n) is 2.72. The molecule has 110 valence electrons. The van der Waals surface area contributed by atoms with E-state index < -0.39 is 4.92 Å². The topological polar surface area (TPSA) is 77.3 Å². The van der Waals surface area contributed by atoms with Gasteiger partial charge >= 0.3 is 5.69 Å². The average Bonchev–Trinajstić information content (AvgIpc) is 2.46. The van der Waals surface area contributed by atoms with Crippen LogP contribution in [0.1, 0.15) is 12.5 Å². The minimum Gasteiger partial charge on any atom is -0.468 e. The zero-order chi connectivity index (χ0) is 15.2. The summed E-state index contributed by atoms with van der Waals surface area (Å²) in [5.74, 6) is 0.555. The molecule has 0 spiro atoms. The van der Waals surface area contributed by atoms with Crippen LogP contribution in [0.5, 0.6) is 5.88 Å². The number of benzene rings is 1. The quantitative estimate of drug-likeness (QED) is 0.633. The highest BCUT2D eigenvalue weighted by Gasteiger charge is 2.18. The Bertz CT molecular complexity index is 649. The van der Waals surface area contributed by atoms with Crippen molar-refractivity contribution < 1.29 is 9.66 Å². The smallest absolute Gasteiger partial charge is 0.331 e. The van der Waals surface area contributed by atoms with Crippen LogP contribution < -0.4 is 10.1 Å². The van der Waals surface area contributed by atoms with Crippen molar-refractivity contribution in [3.63, 3.8) is 0 Å². The molecule has 0 saturated carbocycles. The summed E-state index contributed by atoms with van der Waals surface area (Å²) in [5, 5.41) is 14.0. The number of hydrogen-bond acceptors (Lipinski definition) is 5. The van der Waals surface area contributed by atoms with Crippen LogP contribution in [0.3, 0.4) is 0 Å². The molecule has 0 atom stereocenters. The van der Waals surface area contributed by atoms with Gasteiger partial charge in [0.1, 0.15) is 12.4 Å². The van der Waals surface area contributed by atoms with Gasteiger partial charge in [0, 0.05) is 22.6 Å². The maximum Gasteiger partial charge on any atom is 0.331 e. The molecule has 1 aromatic carbocycles. The Morgan fingerprint density at radius 2 is 2.10 bits per heavy atom. The van der Waals surface area contributed by atoms with Crippen molar-refractivity contribution in [3.05, 3.63) is 56.5 Å². The van der Waals surface area contributed by atoms with Gasteiger partial charge in [-0.15, -0.1) is 0 Å². The van der Waals surface area contributed by atoms with Gasteiger partial charge in [0.05, 0.1) is 4.92 Å². The molecule has 0 unspecified atom stereocenters. The van der Waals surface area contributed by atoms with Crippen LogP contribution in [0.15, 0.2) is 40.9 Å². The number of hydrogen-bond donors (Lipinski definition) is 1. The molecule has 2 aromatic rings. The molecule has 0 aliphatic carbocycles. The molecule has 0 aliphatic rings. The number of ether oxygens (including phenoxy) is 1. The largest absolute Gasteiger partial charge is 0.468 e. The number of nitrogens with zero attached hydrogens (tertiary/aromatic N) is 2. The van der Waals surface area contributed by atoms with Crippen molar-refractivity contribution in [1.82, 2.24) is 4.98 Å². The van der Waals surface area contributed by atoms with Crippen molar-refractivity contribution >= 4 is 27.4 Å². The van der Waals surface area contributed by atoms with Gasteiger partial charge in [0.25, 0.3) is 5.88 Å². The molecule has 0 fully saturated rings. The Kier molecular flexibility index (Phi) is 5.10. The van der Waals surface area contributed by atoms with Crippen LogP contribution in [0.25, 0.3) is 0 Å². The van der Waals surface area contributed by atoms with Gasteiger partial charge in [-0.1, -0.05) is 34.1 Å². The average molecular weight is 352 g/mol. The predicted octanol–water partition coefficient (Wildman–Crippen LogP) is 3.76. The minimum absolute atomic E-state index is 0.00852. The third kappa shape index (κ3) is 3.91. The van der Waals surface area contributed by atoms with Crippen LogP contribution in [-0.4, -0.2) is 16.5 Å². The maximum atomic E-state index is 11.0. The molecule has 1 aromatic heterocycles. The fraction of sp³-hybridized carbons (Fsp3) is 0.214. The summed E-state index contributed by atoms with van der Waals surface area (Å²) in [4.78, 5) is 14.7. The first-order valence-electron chi connectivity index (χ1n) is 6.37. The van der Waals surface area contributed by atoms with Crippen molar-refractivity contribution in [2.45, 2.75) is 13.5 Å². The van der Waals surface area contributed by atoms with Crippen LogP contribution in [0.2, 0.25) is 0 Å². The lowest BCUT2D eigenvalue weighted by Crippen LogP contribution is -2.05. The Morgan fingerprint density at radius 3 is 2.76 bits per heavy atom. The van der Waals surface area contributed by atoms with Crippen molar-refractivity contribution in [2.24, 2.45) is 0 Å². The van der Waals surface area contributed by atoms with Gasteiger partial charge in [-0.2, -0.15) is 4.98 Å². The highest BCUT2D eigenvalue weighted by atomic mass is 79.9. The summed E-state index contributed by atoms with van der Waals surface area (Å²) in [6.07, 6.45) is 0. The van der Waals surface area contributed by atoms with E-state index in [1.807, 2.05) is 31.2 Å². The molecular formula is C14H14BrN3O3. The second kappa shape index (κ2) is 7.03. The van der Waals surface area contributed by atoms with Crippen LogP contribution in [0.4, 0.5) is 11.5 Å². The molecule has 1 N–H and O–H groups in total. The molecular weight excluding hydrogens is 338 g/mol. The van der Waals surface area contributed by atoms with E-state index in [9.17, 15) is 10.1 Å². The second-order valence-corrected chi connectivity index (χ2v) is 5.04. The summed E-state index contributed by atoms with van der Waals surface area (Å²) in [6.45, 7) is 2.80. The first kappa shape index (κ1) is 15.2. The zero-order valence-electron chi connectivity index (χ0n) is 11.4. The van der Waals surface area contributed by atoms with Gasteiger partial charge in [0.2, 0.25) is 0 Å². The van der Waals surface area contributed by atoms with E-state index in [0.717, 1.165) is 10.0 Å². The number of halogens is 1. The number of aromatic nitrogens is 1. The number of nitro groups is 1. The molecule has 0 amide bonds. The number of nitrogens with one attached hydrogen (secondary N) is 1. The molecule has 2 rings (SSSR count). The maximum absolute atomic E-state index is 11.0. The summed E-state index contributed by atoms with van der Waals surface area (Å²) in [5.41, 5.74) is 0.742. The first-order chi connectivity index (χ1) is 10.1. The van der Waals surface area contributed by atoms with Gasteiger partial charge in [-0.3, -0.25) is 10.1 Å². The standard InChI is InChI=1S/C14H14BrN3O3/c1-2-16-13-8-7-12(18(19)20)14(17-13)21-9-10-5-3-4-6-11(10)15/h3-8H,2,9H2,1H3,(H,16,17). The Labute approximate surface area is 130 Å². The molecule has 21 heavy (non-hydrogen) atoms. The molecule has 7 heteroatoms. The van der Waals surface area contributed by atoms with Crippen molar-refractivity contribution in [1.29, 1.82) is 0 Å². The Morgan fingerprint density at radius 1 is 1.33 bits per heavy atom. The lowest BCUT2D eigenvalue weighted by molar-refractivity contribution is -0.386. The van der Waals surface area contributed by atoms with E-state index in [1.165, 1.54) is 6.07 Å². The SMILES string of the molecule is CCNc1ccc([N+](=O)[O-])c(OCc2ccccc2Br)n1. The van der Waals surface area contributed by atoms with Crippen molar-refractivity contribution in [3.8, 4) is 5.88 Å². The predicted molar refractivity (Wildman–Crippen MR) is 83.5 cm³/mol. The fourth-order valence-corrected chi connectivity index (χ4v) is 2.12. The molecule has 0 aliphatic heterocycles. The summed E-state index contributed by atoms with van der Waals surface area (Å²) >= 11 is 3.41. The minimum atomic E-state index is -0.502.